The fraction of sp³-hybridized carbons (Fsp3) is 0.375. The van der Waals surface area contributed by atoms with Gasteiger partial charge in [-0.15, -0.1) is 0 Å². The summed E-state index contributed by atoms with van der Waals surface area (Å²) >= 11 is 0. The third-order valence-corrected chi connectivity index (χ3v) is 3.66. The lowest BCUT2D eigenvalue weighted by molar-refractivity contribution is 0.645. The van der Waals surface area contributed by atoms with Crippen molar-refractivity contribution in [1.29, 1.82) is 0 Å². The molecule has 4 nitrogen and oxygen atoms in total. The highest BCUT2D eigenvalue weighted by molar-refractivity contribution is 5.63. The van der Waals surface area contributed by atoms with Crippen LogP contribution in [-0.2, 0) is 19.4 Å². The molecule has 1 aromatic heterocycles. The minimum Gasteiger partial charge on any atom is -0.340 e. The zero-order valence-electron chi connectivity index (χ0n) is 12.0. The van der Waals surface area contributed by atoms with Crippen LogP contribution in [0.15, 0.2) is 24.3 Å². The molecule has 0 radical (unpaired) electrons. The second-order valence-corrected chi connectivity index (χ2v) is 5.14. The van der Waals surface area contributed by atoms with Gasteiger partial charge in [0.25, 0.3) is 0 Å². The molecule has 104 valence electrons. The normalized spacial score (nSPS) is 13.9. The number of nitrogens with zero attached hydrogens (tertiary/aromatic N) is 2. The third kappa shape index (κ3) is 2.65. The number of aryl methyl sites for hydroxylation is 2. The average molecular weight is 268 g/mol. The van der Waals surface area contributed by atoms with Crippen LogP contribution >= 0.6 is 0 Å². The summed E-state index contributed by atoms with van der Waals surface area (Å²) in [4.78, 5) is 8.91. The first kappa shape index (κ1) is 13.1. The average Bonchev–Trinajstić information content (AvgIpc) is 2.47. The van der Waals surface area contributed by atoms with Crippen molar-refractivity contribution < 1.29 is 0 Å². The first-order chi connectivity index (χ1) is 9.76. The second-order valence-electron chi connectivity index (χ2n) is 5.14. The Morgan fingerprint density at radius 2 is 2.20 bits per heavy atom. The number of hydrogen-bond donors (Lipinski definition) is 2. The molecular weight excluding hydrogens is 248 g/mol. The van der Waals surface area contributed by atoms with E-state index in [0.717, 1.165) is 43.3 Å². The van der Waals surface area contributed by atoms with Crippen LogP contribution in [0.4, 0.5) is 11.5 Å². The molecular formula is C16H20N4. The van der Waals surface area contributed by atoms with Crippen LogP contribution in [-0.4, -0.2) is 16.5 Å². The van der Waals surface area contributed by atoms with Crippen LogP contribution in [0.2, 0.25) is 0 Å². The molecule has 4 heteroatoms. The van der Waals surface area contributed by atoms with Crippen molar-refractivity contribution in [3.05, 3.63) is 46.9 Å². The zero-order valence-corrected chi connectivity index (χ0v) is 12.0. The Labute approximate surface area is 119 Å². The molecule has 1 aliphatic heterocycles. The van der Waals surface area contributed by atoms with E-state index in [1.807, 2.05) is 13.0 Å². The molecule has 0 aliphatic carbocycles. The lowest BCUT2D eigenvalue weighted by atomic mass is 9.99. The van der Waals surface area contributed by atoms with Crippen LogP contribution in [0.1, 0.15) is 29.6 Å². The van der Waals surface area contributed by atoms with Crippen LogP contribution in [0.25, 0.3) is 0 Å². The number of benzene rings is 1. The minimum atomic E-state index is 0.818. The molecule has 2 N–H and O–H groups in total. The largest absolute Gasteiger partial charge is 0.340 e. The second kappa shape index (κ2) is 5.59. The predicted molar refractivity (Wildman–Crippen MR) is 81.3 cm³/mol. The van der Waals surface area contributed by atoms with Gasteiger partial charge in [-0.1, -0.05) is 19.1 Å². The highest BCUT2D eigenvalue weighted by Crippen LogP contribution is 2.25. The molecule has 1 aromatic carbocycles. The monoisotopic (exact) mass is 268 g/mol. The van der Waals surface area contributed by atoms with E-state index in [1.165, 1.54) is 16.8 Å². The lowest BCUT2D eigenvalue weighted by Crippen LogP contribution is -2.24. The van der Waals surface area contributed by atoms with E-state index in [-0.39, 0.29) is 0 Å². The van der Waals surface area contributed by atoms with E-state index in [2.05, 4.69) is 45.7 Å². The van der Waals surface area contributed by atoms with Crippen LogP contribution in [0.5, 0.6) is 0 Å². The molecule has 3 rings (SSSR count). The smallest absolute Gasteiger partial charge is 0.134 e. The summed E-state index contributed by atoms with van der Waals surface area (Å²) in [6.45, 7) is 6.04. The fourth-order valence-corrected chi connectivity index (χ4v) is 2.66. The maximum Gasteiger partial charge on any atom is 0.134 e. The molecule has 0 amide bonds. The third-order valence-electron chi connectivity index (χ3n) is 3.66. The predicted octanol–water partition coefficient (Wildman–Crippen LogP) is 2.74. The van der Waals surface area contributed by atoms with E-state index in [1.54, 1.807) is 0 Å². The number of fused-ring (bicyclic) bond motifs is 1. The van der Waals surface area contributed by atoms with Crippen molar-refractivity contribution >= 4 is 11.5 Å². The maximum atomic E-state index is 4.49. The van der Waals surface area contributed by atoms with Crippen LogP contribution < -0.4 is 10.6 Å². The Morgan fingerprint density at radius 1 is 1.30 bits per heavy atom. The molecule has 0 unspecified atom stereocenters. The Kier molecular flexibility index (Phi) is 3.65. The molecule has 0 saturated carbocycles. The van der Waals surface area contributed by atoms with Gasteiger partial charge in [-0.2, -0.15) is 0 Å². The Hall–Kier alpha value is -1.94. The Balaban J connectivity index is 1.93. The molecule has 1 aliphatic rings. The number of hydrogen-bond acceptors (Lipinski definition) is 4. The van der Waals surface area contributed by atoms with E-state index in [9.17, 15) is 0 Å². The highest BCUT2D eigenvalue weighted by Gasteiger charge is 2.13. The summed E-state index contributed by atoms with van der Waals surface area (Å²) < 4.78 is 0. The van der Waals surface area contributed by atoms with Crippen LogP contribution in [0.3, 0.4) is 0 Å². The van der Waals surface area contributed by atoms with E-state index in [0.29, 0.717) is 0 Å². The molecule has 0 fully saturated rings. The van der Waals surface area contributed by atoms with Gasteiger partial charge in [0.2, 0.25) is 0 Å². The van der Waals surface area contributed by atoms with Crippen molar-refractivity contribution in [1.82, 2.24) is 15.3 Å². The highest BCUT2D eigenvalue weighted by atomic mass is 15.0. The molecule has 2 aromatic rings. The van der Waals surface area contributed by atoms with E-state index in [4.69, 9.17) is 0 Å². The number of rotatable bonds is 3. The van der Waals surface area contributed by atoms with Gasteiger partial charge < -0.3 is 10.6 Å². The minimum absolute atomic E-state index is 0.818. The molecule has 0 saturated heterocycles. The SMILES string of the molecule is CCc1cc(Nc2cccc3c2CCNC3)nc(C)n1. The summed E-state index contributed by atoms with van der Waals surface area (Å²) in [7, 11) is 0. The van der Waals surface area contributed by atoms with E-state index < -0.39 is 0 Å². The molecule has 20 heavy (non-hydrogen) atoms. The van der Waals surface area contributed by atoms with Gasteiger partial charge >= 0.3 is 0 Å². The summed E-state index contributed by atoms with van der Waals surface area (Å²) in [6.07, 6.45) is 1.98. The Morgan fingerprint density at radius 3 is 3.05 bits per heavy atom. The first-order valence-electron chi connectivity index (χ1n) is 7.19. The number of nitrogens with one attached hydrogen (secondary N) is 2. The van der Waals surface area contributed by atoms with Crippen molar-refractivity contribution in [2.45, 2.75) is 33.2 Å². The molecule has 0 atom stereocenters. The summed E-state index contributed by atoms with van der Waals surface area (Å²) in [6, 6.07) is 8.46. The van der Waals surface area contributed by atoms with Crippen molar-refractivity contribution in [2.24, 2.45) is 0 Å². The summed E-state index contributed by atoms with van der Waals surface area (Å²) in [5.41, 5.74) is 5.03. The van der Waals surface area contributed by atoms with Crippen molar-refractivity contribution in [2.75, 3.05) is 11.9 Å². The maximum absolute atomic E-state index is 4.49. The quantitative estimate of drug-likeness (QED) is 0.898. The van der Waals surface area contributed by atoms with Gasteiger partial charge in [0, 0.05) is 24.0 Å². The van der Waals surface area contributed by atoms with Gasteiger partial charge in [-0.25, -0.2) is 9.97 Å². The van der Waals surface area contributed by atoms with Crippen molar-refractivity contribution in [3.8, 4) is 0 Å². The molecule has 0 bridgehead atoms. The zero-order chi connectivity index (χ0) is 13.9. The number of anilines is 2. The van der Waals surface area contributed by atoms with Crippen molar-refractivity contribution in [3.63, 3.8) is 0 Å². The van der Waals surface area contributed by atoms with Gasteiger partial charge in [0.05, 0.1) is 0 Å². The van der Waals surface area contributed by atoms with Gasteiger partial charge in [-0.05, 0) is 43.5 Å². The summed E-state index contributed by atoms with van der Waals surface area (Å²) in [5, 5.41) is 6.87. The van der Waals surface area contributed by atoms with Gasteiger partial charge in [0.1, 0.15) is 11.6 Å². The van der Waals surface area contributed by atoms with E-state index >= 15 is 0 Å². The molecule has 0 spiro atoms. The molecule has 2 heterocycles. The number of aromatic nitrogens is 2. The van der Waals surface area contributed by atoms with Gasteiger partial charge in [0.15, 0.2) is 0 Å². The summed E-state index contributed by atoms with van der Waals surface area (Å²) in [5.74, 6) is 1.71. The topological polar surface area (TPSA) is 49.8 Å². The fourth-order valence-electron chi connectivity index (χ4n) is 2.66. The van der Waals surface area contributed by atoms with Crippen LogP contribution in [0, 0.1) is 6.92 Å². The Bertz CT molecular complexity index is 622. The standard InChI is InChI=1S/C16H20N4/c1-3-13-9-16(19-11(2)18-13)20-15-6-4-5-12-10-17-8-7-14(12)15/h4-6,9,17H,3,7-8,10H2,1-2H3,(H,18,19,20). The first-order valence-corrected chi connectivity index (χ1v) is 7.19. The lowest BCUT2D eigenvalue weighted by Gasteiger charge is -2.21. The van der Waals surface area contributed by atoms with Gasteiger partial charge in [-0.3, -0.25) is 0 Å².